The Morgan fingerprint density at radius 1 is 1.20 bits per heavy atom. The molecule has 0 unspecified atom stereocenters. The summed E-state index contributed by atoms with van der Waals surface area (Å²) in [7, 11) is 0. The van der Waals surface area contributed by atoms with Crippen molar-refractivity contribution in [2.45, 2.75) is 37.8 Å². The molecule has 0 saturated carbocycles. The second kappa shape index (κ2) is 10.4. The smallest absolute Gasteiger partial charge is 0.257 e. The maximum Gasteiger partial charge on any atom is 0.257 e. The fourth-order valence-electron chi connectivity index (χ4n) is 3.98. The molecule has 0 radical (unpaired) electrons. The number of nitrogens with zero attached hydrogens (tertiary/aromatic N) is 3. The molecule has 184 valence electrons. The third-order valence-electron chi connectivity index (χ3n) is 6.03. The standard InChI is InChI=1S/C25H25F3N4O3/c1-16(32-11-9-25(27,28)22(14-32)17-8-10-29-19(12-17)15-33)24(34)31-23-7-6-21(13-30-23)35-20-4-2-18(26)3-5-20/h2-8,10,12-13,16,22,33H,9,11,14-15H2,1H3,(H,30,31,34)/t16-,22+/m0/s1. The number of benzene rings is 1. The predicted molar refractivity (Wildman–Crippen MR) is 123 cm³/mol. The number of hydrogen-bond acceptors (Lipinski definition) is 6. The van der Waals surface area contributed by atoms with Crippen molar-refractivity contribution in [1.82, 2.24) is 14.9 Å². The number of alkyl halides is 2. The summed E-state index contributed by atoms with van der Waals surface area (Å²) in [6.45, 7) is 1.37. The van der Waals surface area contributed by atoms with E-state index in [0.717, 1.165) is 0 Å². The lowest BCUT2D eigenvalue weighted by molar-refractivity contribution is -0.125. The van der Waals surface area contributed by atoms with E-state index >= 15 is 0 Å². The number of piperidine rings is 1. The zero-order valence-electron chi connectivity index (χ0n) is 19.0. The quantitative estimate of drug-likeness (QED) is 0.516. The zero-order valence-corrected chi connectivity index (χ0v) is 19.0. The summed E-state index contributed by atoms with van der Waals surface area (Å²) < 4.78 is 48.1. The van der Waals surface area contributed by atoms with Gasteiger partial charge in [0, 0.05) is 25.7 Å². The van der Waals surface area contributed by atoms with Crippen LogP contribution in [0.2, 0.25) is 0 Å². The van der Waals surface area contributed by atoms with Crippen LogP contribution >= 0.6 is 0 Å². The van der Waals surface area contributed by atoms with E-state index in [1.165, 1.54) is 48.8 Å². The summed E-state index contributed by atoms with van der Waals surface area (Å²) in [5.41, 5.74) is 0.698. The topological polar surface area (TPSA) is 87.6 Å². The Labute approximate surface area is 200 Å². The van der Waals surface area contributed by atoms with Gasteiger partial charge in [-0.15, -0.1) is 0 Å². The van der Waals surface area contributed by atoms with Gasteiger partial charge in [0.2, 0.25) is 5.91 Å². The van der Waals surface area contributed by atoms with E-state index in [9.17, 15) is 23.1 Å². The van der Waals surface area contributed by atoms with E-state index < -0.39 is 17.9 Å². The lowest BCUT2D eigenvalue weighted by Gasteiger charge is -2.40. The molecule has 0 aliphatic carbocycles. The molecule has 10 heteroatoms. The minimum Gasteiger partial charge on any atom is -0.456 e. The van der Waals surface area contributed by atoms with Crippen molar-refractivity contribution in [1.29, 1.82) is 0 Å². The van der Waals surface area contributed by atoms with Gasteiger partial charge in [-0.3, -0.25) is 14.7 Å². The molecule has 4 rings (SSSR count). The molecule has 3 heterocycles. The van der Waals surface area contributed by atoms with E-state index in [1.807, 2.05) is 0 Å². The molecule has 1 aromatic carbocycles. The van der Waals surface area contributed by atoms with Crippen molar-refractivity contribution in [2.75, 3.05) is 18.4 Å². The van der Waals surface area contributed by atoms with E-state index in [1.54, 1.807) is 24.0 Å². The van der Waals surface area contributed by atoms with Crippen molar-refractivity contribution in [3.05, 3.63) is 78.0 Å². The SMILES string of the molecule is C[C@@H](C(=O)Nc1ccc(Oc2ccc(F)cc2)cn1)N1CCC(F)(F)[C@@H](c2ccnc(CO)c2)C1. The second-order valence-corrected chi connectivity index (χ2v) is 8.40. The Morgan fingerprint density at radius 2 is 1.94 bits per heavy atom. The zero-order chi connectivity index (χ0) is 25.0. The van der Waals surface area contributed by atoms with Gasteiger partial charge in [-0.2, -0.15) is 0 Å². The number of aliphatic hydroxyl groups is 1. The maximum absolute atomic E-state index is 14.7. The third-order valence-corrected chi connectivity index (χ3v) is 6.03. The van der Waals surface area contributed by atoms with Crippen LogP contribution in [0.1, 0.15) is 30.5 Å². The maximum atomic E-state index is 14.7. The number of ether oxygens (including phenoxy) is 1. The van der Waals surface area contributed by atoms with Crippen LogP contribution in [-0.4, -0.2) is 50.9 Å². The predicted octanol–water partition coefficient (Wildman–Crippen LogP) is 4.35. The summed E-state index contributed by atoms with van der Waals surface area (Å²) in [6.07, 6.45) is 2.43. The van der Waals surface area contributed by atoms with E-state index in [2.05, 4.69) is 15.3 Å². The third kappa shape index (κ3) is 5.95. The summed E-state index contributed by atoms with van der Waals surface area (Å²) in [4.78, 5) is 22.7. The number of anilines is 1. The highest BCUT2D eigenvalue weighted by Crippen LogP contribution is 2.41. The second-order valence-electron chi connectivity index (χ2n) is 8.40. The molecule has 1 aliphatic rings. The molecular weight excluding hydrogens is 461 g/mol. The molecule has 2 atom stereocenters. The first-order chi connectivity index (χ1) is 16.7. The molecule has 0 bridgehead atoms. The van der Waals surface area contributed by atoms with E-state index in [0.29, 0.717) is 22.8 Å². The molecule has 7 nitrogen and oxygen atoms in total. The van der Waals surface area contributed by atoms with Gasteiger partial charge >= 0.3 is 0 Å². The Bertz CT molecular complexity index is 1160. The number of rotatable bonds is 7. The molecule has 1 saturated heterocycles. The lowest BCUT2D eigenvalue weighted by atomic mass is 9.86. The minimum absolute atomic E-state index is 0.0195. The molecule has 1 fully saturated rings. The molecule has 1 aliphatic heterocycles. The average molecular weight is 486 g/mol. The van der Waals surface area contributed by atoms with Crippen molar-refractivity contribution in [3.63, 3.8) is 0 Å². The van der Waals surface area contributed by atoms with Crippen LogP contribution < -0.4 is 10.1 Å². The van der Waals surface area contributed by atoms with Crippen molar-refractivity contribution < 1.29 is 27.8 Å². The van der Waals surface area contributed by atoms with Crippen molar-refractivity contribution in [3.8, 4) is 11.5 Å². The van der Waals surface area contributed by atoms with Gasteiger partial charge in [-0.25, -0.2) is 18.2 Å². The fourth-order valence-corrected chi connectivity index (χ4v) is 3.98. The number of halogens is 3. The van der Waals surface area contributed by atoms with Crippen molar-refractivity contribution in [2.24, 2.45) is 0 Å². The molecule has 1 amide bonds. The van der Waals surface area contributed by atoms with Gasteiger partial charge in [0.1, 0.15) is 23.1 Å². The van der Waals surface area contributed by atoms with Crippen LogP contribution in [0.3, 0.4) is 0 Å². The van der Waals surface area contributed by atoms with Gasteiger partial charge in [0.05, 0.1) is 30.5 Å². The number of aliphatic hydroxyl groups excluding tert-OH is 1. The Hall–Kier alpha value is -3.50. The van der Waals surface area contributed by atoms with Crippen LogP contribution in [0.5, 0.6) is 11.5 Å². The first-order valence-corrected chi connectivity index (χ1v) is 11.1. The Morgan fingerprint density at radius 3 is 2.63 bits per heavy atom. The number of nitrogens with one attached hydrogen (secondary N) is 1. The summed E-state index contributed by atoms with van der Waals surface area (Å²) >= 11 is 0. The van der Waals surface area contributed by atoms with E-state index in [4.69, 9.17) is 4.74 Å². The van der Waals surface area contributed by atoms with Crippen LogP contribution in [0.25, 0.3) is 0 Å². The summed E-state index contributed by atoms with van der Waals surface area (Å²) in [5, 5.41) is 12.0. The van der Waals surface area contributed by atoms with Crippen molar-refractivity contribution >= 4 is 11.7 Å². The molecular formula is C25H25F3N4O3. The first kappa shape index (κ1) is 24.6. The Balaban J connectivity index is 1.39. The van der Waals surface area contributed by atoms with Crippen LogP contribution in [-0.2, 0) is 11.4 Å². The number of likely N-dealkylation sites (tertiary alicyclic amines) is 1. The van der Waals surface area contributed by atoms with Crippen LogP contribution in [0, 0.1) is 5.82 Å². The fraction of sp³-hybridized carbons (Fsp3) is 0.320. The van der Waals surface area contributed by atoms with Crippen LogP contribution in [0.4, 0.5) is 19.0 Å². The van der Waals surface area contributed by atoms with Gasteiger partial charge in [-0.05, 0) is 61.0 Å². The number of pyridine rings is 2. The van der Waals surface area contributed by atoms with Gasteiger partial charge < -0.3 is 15.2 Å². The van der Waals surface area contributed by atoms with Gasteiger partial charge in [-0.1, -0.05) is 0 Å². The summed E-state index contributed by atoms with van der Waals surface area (Å²) in [5.74, 6) is -3.68. The molecule has 0 spiro atoms. The molecule has 2 N–H and O–H groups in total. The van der Waals surface area contributed by atoms with Gasteiger partial charge in [0.15, 0.2) is 0 Å². The number of aromatic nitrogens is 2. The van der Waals surface area contributed by atoms with Crippen LogP contribution in [0.15, 0.2) is 60.9 Å². The highest BCUT2D eigenvalue weighted by Gasteiger charge is 2.46. The monoisotopic (exact) mass is 486 g/mol. The largest absolute Gasteiger partial charge is 0.456 e. The number of carbonyl (C=O) groups excluding carboxylic acids is 1. The lowest BCUT2D eigenvalue weighted by Crippen LogP contribution is -2.52. The van der Waals surface area contributed by atoms with Gasteiger partial charge in [0.25, 0.3) is 5.92 Å². The number of carbonyl (C=O) groups is 1. The van der Waals surface area contributed by atoms with E-state index in [-0.39, 0.29) is 43.7 Å². The normalized spacial score (nSPS) is 18.6. The Kier molecular flexibility index (Phi) is 7.32. The first-order valence-electron chi connectivity index (χ1n) is 11.1. The summed E-state index contributed by atoms with van der Waals surface area (Å²) in [6, 6.07) is 11.0. The average Bonchev–Trinajstić information content (AvgIpc) is 2.86. The molecule has 3 aromatic rings. The number of amides is 1. The molecule has 2 aromatic heterocycles. The highest BCUT2D eigenvalue weighted by molar-refractivity contribution is 5.93. The molecule has 35 heavy (non-hydrogen) atoms. The highest BCUT2D eigenvalue weighted by atomic mass is 19.3. The number of hydrogen-bond donors (Lipinski definition) is 2. The minimum atomic E-state index is -2.94.